The van der Waals surface area contributed by atoms with Gasteiger partial charge in [0.2, 0.25) is 0 Å². The fraction of sp³-hybridized carbons (Fsp3) is 0.500. The number of aromatic nitrogens is 1. The maximum Gasteiger partial charge on any atom is 0.0455 e. The fourth-order valence-corrected chi connectivity index (χ4v) is 2.33. The van der Waals surface area contributed by atoms with Gasteiger partial charge in [-0.25, -0.2) is 0 Å². The minimum atomic E-state index is 0.655. The molecule has 3 heterocycles. The van der Waals surface area contributed by atoms with Crippen molar-refractivity contribution < 1.29 is 0 Å². The average molecular weight is 175 g/mol. The van der Waals surface area contributed by atoms with Gasteiger partial charge in [-0.2, -0.15) is 0 Å². The van der Waals surface area contributed by atoms with E-state index in [0.29, 0.717) is 12.1 Å². The molecular weight excluding hydrogens is 162 g/mol. The summed E-state index contributed by atoms with van der Waals surface area (Å²) in [5, 5.41) is 7.02. The highest BCUT2D eigenvalue weighted by molar-refractivity contribution is 5.44. The Morgan fingerprint density at radius 3 is 2.85 bits per heavy atom. The van der Waals surface area contributed by atoms with Gasteiger partial charge in [0.25, 0.3) is 0 Å². The highest BCUT2D eigenvalue weighted by Gasteiger charge is 2.46. The number of rotatable bonds is 2. The first-order chi connectivity index (χ1) is 6.43. The maximum atomic E-state index is 3.99. The summed E-state index contributed by atoms with van der Waals surface area (Å²) < 4.78 is 0. The second-order valence-electron chi connectivity index (χ2n) is 3.92. The van der Waals surface area contributed by atoms with Crippen molar-refractivity contribution in [1.29, 1.82) is 0 Å². The Balaban J connectivity index is 1.71. The molecule has 2 saturated heterocycles. The van der Waals surface area contributed by atoms with E-state index in [1.165, 1.54) is 18.7 Å². The van der Waals surface area contributed by atoms with Crippen LogP contribution >= 0.6 is 0 Å². The Bertz CT molecular complexity index is 284. The lowest BCUT2D eigenvalue weighted by molar-refractivity contribution is 0.327. The number of nitrogens with zero attached hydrogens (tertiary/aromatic N) is 1. The zero-order chi connectivity index (χ0) is 8.67. The minimum absolute atomic E-state index is 0.655. The zero-order valence-corrected chi connectivity index (χ0v) is 7.40. The van der Waals surface area contributed by atoms with E-state index in [2.05, 4.69) is 15.6 Å². The maximum absolute atomic E-state index is 3.99. The van der Waals surface area contributed by atoms with Gasteiger partial charge in [0.1, 0.15) is 0 Å². The van der Waals surface area contributed by atoms with Crippen molar-refractivity contribution in [3.8, 4) is 0 Å². The van der Waals surface area contributed by atoms with Crippen molar-refractivity contribution in [2.24, 2.45) is 5.92 Å². The van der Waals surface area contributed by atoms with E-state index < -0.39 is 0 Å². The summed E-state index contributed by atoms with van der Waals surface area (Å²) >= 11 is 0. The molecule has 13 heavy (non-hydrogen) atoms. The number of fused-ring (bicyclic) bond motifs is 1. The molecule has 2 aliphatic heterocycles. The predicted octanol–water partition coefficient (Wildman–Crippen LogP) is 0.854. The standard InChI is InChI=1S/C10H13N3/c1-3-11-4-2-8(1)13-10-7-5-9(10)12-6-7/h1-4,7,9-10,12H,5-6H2,(H,11,13). The smallest absolute Gasteiger partial charge is 0.0455 e. The molecule has 0 aromatic carbocycles. The second-order valence-corrected chi connectivity index (χ2v) is 3.92. The molecule has 2 bridgehead atoms. The van der Waals surface area contributed by atoms with Crippen LogP contribution in [-0.4, -0.2) is 23.6 Å². The van der Waals surface area contributed by atoms with E-state index in [1.54, 1.807) is 0 Å². The van der Waals surface area contributed by atoms with Crippen LogP contribution in [0.25, 0.3) is 0 Å². The topological polar surface area (TPSA) is 37.0 Å². The SMILES string of the molecule is c1cc(NC2C3CNC2C3)ccn1. The number of hydrogen-bond acceptors (Lipinski definition) is 3. The Hall–Kier alpha value is -1.09. The molecule has 2 N–H and O–H groups in total. The highest BCUT2D eigenvalue weighted by atomic mass is 15.1. The molecule has 0 amide bonds. The predicted molar refractivity (Wildman–Crippen MR) is 51.5 cm³/mol. The molecule has 4 rings (SSSR count). The van der Waals surface area contributed by atoms with Gasteiger partial charge in [-0.1, -0.05) is 0 Å². The van der Waals surface area contributed by atoms with Gasteiger partial charge in [0.05, 0.1) is 0 Å². The molecule has 3 fully saturated rings. The van der Waals surface area contributed by atoms with E-state index in [0.717, 1.165) is 5.92 Å². The van der Waals surface area contributed by atoms with Gasteiger partial charge in [-0.15, -0.1) is 0 Å². The lowest BCUT2D eigenvalue weighted by atomic mass is 9.80. The Kier molecular flexibility index (Phi) is 1.52. The Labute approximate surface area is 77.6 Å². The van der Waals surface area contributed by atoms with Gasteiger partial charge in [0, 0.05) is 36.7 Å². The number of pyridine rings is 1. The van der Waals surface area contributed by atoms with Crippen molar-refractivity contribution in [2.75, 3.05) is 11.9 Å². The molecule has 1 saturated carbocycles. The summed E-state index contributed by atoms with van der Waals surface area (Å²) in [5.74, 6) is 0.846. The van der Waals surface area contributed by atoms with E-state index in [-0.39, 0.29) is 0 Å². The second kappa shape index (κ2) is 2.70. The molecular formula is C10H13N3. The number of nitrogens with one attached hydrogen (secondary N) is 2. The van der Waals surface area contributed by atoms with Crippen molar-refractivity contribution in [3.63, 3.8) is 0 Å². The van der Waals surface area contributed by atoms with E-state index in [1.807, 2.05) is 24.5 Å². The van der Waals surface area contributed by atoms with Gasteiger partial charge in [-0.3, -0.25) is 4.98 Å². The van der Waals surface area contributed by atoms with E-state index in [9.17, 15) is 0 Å². The van der Waals surface area contributed by atoms with Gasteiger partial charge in [0.15, 0.2) is 0 Å². The summed E-state index contributed by atoms with van der Waals surface area (Å²) in [4.78, 5) is 3.99. The van der Waals surface area contributed by atoms with E-state index >= 15 is 0 Å². The summed E-state index contributed by atoms with van der Waals surface area (Å²) in [7, 11) is 0. The molecule has 3 heteroatoms. The molecule has 3 aliphatic rings. The fourth-order valence-electron chi connectivity index (χ4n) is 2.33. The van der Waals surface area contributed by atoms with Crippen LogP contribution in [0.5, 0.6) is 0 Å². The van der Waals surface area contributed by atoms with Crippen LogP contribution in [0.2, 0.25) is 0 Å². The first-order valence-corrected chi connectivity index (χ1v) is 4.83. The molecule has 1 aromatic rings. The third-order valence-corrected chi connectivity index (χ3v) is 3.15. The minimum Gasteiger partial charge on any atom is -0.380 e. The summed E-state index contributed by atoms with van der Waals surface area (Å²) in [5.41, 5.74) is 1.19. The Morgan fingerprint density at radius 1 is 1.38 bits per heavy atom. The molecule has 1 aliphatic carbocycles. The van der Waals surface area contributed by atoms with Gasteiger partial charge >= 0.3 is 0 Å². The quantitative estimate of drug-likeness (QED) is 0.699. The lowest BCUT2D eigenvalue weighted by Crippen LogP contribution is -2.47. The molecule has 3 unspecified atom stereocenters. The van der Waals surface area contributed by atoms with Gasteiger partial charge in [-0.05, 0) is 24.5 Å². The van der Waals surface area contributed by atoms with Crippen molar-refractivity contribution in [3.05, 3.63) is 24.5 Å². The normalized spacial score (nSPS) is 35.5. The van der Waals surface area contributed by atoms with Crippen LogP contribution in [0.4, 0.5) is 5.69 Å². The van der Waals surface area contributed by atoms with Crippen LogP contribution in [0.3, 0.4) is 0 Å². The summed E-state index contributed by atoms with van der Waals surface area (Å²) in [6.45, 7) is 1.19. The lowest BCUT2D eigenvalue weighted by Gasteiger charge is -2.35. The highest BCUT2D eigenvalue weighted by Crippen LogP contribution is 2.35. The van der Waals surface area contributed by atoms with Crippen LogP contribution in [0.15, 0.2) is 24.5 Å². The largest absolute Gasteiger partial charge is 0.380 e. The van der Waals surface area contributed by atoms with Crippen LogP contribution in [0, 0.1) is 5.92 Å². The Morgan fingerprint density at radius 2 is 2.23 bits per heavy atom. The van der Waals surface area contributed by atoms with E-state index in [4.69, 9.17) is 0 Å². The van der Waals surface area contributed by atoms with Crippen molar-refractivity contribution in [2.45, 2.75) is 18.5 Å². The molecule has 3 nitrogen and oxygen atoms in total. The van der Waals surface area contributed by atoms with Crippen molar-refractivity contribution in [1.82, 2.24) is 10.3 Å². The number of hydrogen-bond donors (Lipinski definition) is 2. The molecule has 0 radical (unpaired) electrons. The zero-order valence-electron chi connectivity index (χ0n) is 7.40. The molecule has 1 aromatic heterocycles. The van der Waals surface area contributed by atoms with Gasteiger partial charge < -0.3 is 10.6 Å². The molecule has 3 atom stereocenters. The van der Waals surface area contributed by atoms with Crippen LogP contribution in [0.1, 0.15) is 6.42 Å². The third-order valence-electron chi connectivity index (χ3n) is 3.15. The monoisotopic (exact) mass is 175 g/mol. The first kappa shape index (κ1) is 7.33. The number of anilines is 1. The van der Waals surface area contributed by atoms with Crippen LogP contribution in [-0.2, 0) is 0 Å². The third kappa shape index (κ3) is 1.11. The summed E-state index contributed by atoms with van der Waals surface area (Å²) in [6, 6.07) is 5.41. The first-order valence-electron chi connectivity index (χ1n) is 4.83. The summed E-state index contributed by atoms with van der Waals surface area (Å²) in [6.07, 6.45) is 5.01. The molecule has 68 valence electrons. The van der Waals surface area contributed by atoms with Crippen molar-refractivity contribution >= 4 is 5.69 Å². The average Bonchev–Trinajstić information content (AvgIpc) is 2.77. The van der Waals surface area contributed by atoms with Crippen LogP contribution < -0.4 is 10.6 Å². The molecule has 0 spiro atoms.